The fraction of sp³-hybridized carbons (Fsp3) is 0.375. The van der Waals surface area contributed by atoms with E-state index in [9.17, 15) is 4.79 Å². The molecule has 0 unspecified atom stereocenters. The van der Waals surface area contributed by atoms with E-state index >= 15 is 0 Å². The summed E-state index contributed by atoms with van der Waals surface area (Å²) in [5, 5.41) is 8.55. The minimum Gasteiger partial charge on any atom is -0.510 e. The molecule has 0 saturated heterocycles. The number of nitrogens with one attached hydrogen (secondary N) is 1. The number of rotatable bonds is 6. The van der Waals surface area contributed by atoms with E-state index in [0.717, 1.165) is 0 Å². The SMILES string of the molecule is C=CCCC(=O)NOCC(=C)O. The van der Waals surface area contributed by atoms with E-state index in [1.54, 1.807) is 6.08 Å². The van der Waals surface area contributed by atoms with Gasteiger partial charge in [-0.3, -0.25) is 9.63 Å². The van der Waals surface area contributed by atoms with Gasteiger partial charge in [0.2, 0.25) is 5.91 Å². The van der Waals surface area contributed by atoms with E-state index in [1.165, 1.54) is 0 Å². The molecular formula is C8H13NO3. The van der Waals surface area contributed by atoms with Crippen LogP contribution in [-0.4, -0.2) is 17.6 Å². The molecule has 2 N–H and O–H groups in total. The fourth-order valence-corrected chi connectivity index (χ4v) is 0.484. The van der Waals surface area contributed by atoms with Gasteiger partial charge in [0.05, 0.1) is 0 Å². The van der Waals surface area contributed by atoms with E-state index in [0.29, 0.717) is 12.8 Å². The van der Waals surface area contributed by atoms with Crippen molar-refractivity contribution in [3.63, 3.8) is 0 Å². The lowest BCUT2D eigenvalue weighted by molar-refractivity contribution is -0.133. The van der Waals surface area contributed by atoms with Crippen LogP contribution in [0.15, 0.2) is 25.0 Å². The lowest BCUT2D eigenvalue weighted by atomic mass is 10.3. The van der Waals surface area contributed by atoms with Gasteiger partial charge in [0.1, 0.15) is 12.4 Å². The monoisotopic (exact) mass is 171 g/mol. The van der Waals surface area contributed by atoms with Crippen LogP contribution in [-0.2, 0) is 9.63 Å². The molecule has 0 radical (unpaired) electrons. The predicted molar refractivity (Wildman–Crippen MR) is 45.3 cm³/mol. The Morgan fingerprint density at radius 1 is 1.67 bits per heavy atom. The van der Waals surface area contributed by atoms with E-state index in [4.69, 9.17) is 5.11 Å². The highest BCUT2D eigenvalue weighted by molar-refractivity contribution is 5.74. The molecule has 0 rings (SSSR count). The number of aliphatic hydroxyl groups is 1. The van der Waals surface area contributed by atoms with Crippen molar-refractivity contribution in [1.82, 2.24) is 5.48 Å². The highest BCUT2D eigenvalue weighted by atomic mass is 16.7. The third-order valence-corrected chi connectivity index (χ3v) is 1.00. The summed E-state index contributed by atoms with van der Waals surface area (Å²) in [6, 6.07) is 0. The lowest BCUT2D eigenvalue weighted by Crippen LogP contribution is -2.24. The Kier molecular flexibility index (Phi) is 5.73. The third-order valence-electron chi connectivity index (χ3n) is 1.00. The zero-order chi connectivity index (χ0) is 9.40. The molecule has 1 amide bonds. The highest BCUT2D eigenvalue weighted by Crippen LogP contribution is 1.89. The van der Waals surface area contributed by atoms with Gasteiger partial charge < -0.3 is 5.11 Å². The van der Waals surface area contributed by atoms with Crippen molar-refractivity contribution < 1.29 is 14.7 Å². The molecule has 0 aliphatic rings. The number of amides is 1. The second-order valence-electron chi connectivity index (χ2n) is 2.21. The van der Waals surface area contributed by atoms with Crippen molar-refractivity contribution in [2.75, 3.05) is 6.61 Å². The third kappa shape index (κ3) is 6.82. The van der Waals surface area contributed by atoms with Crippen molar-refractivity contribution in [3.8, 4) is 0 Å². The van der Waals surface area contributed by atoms with Crippen LogP contribution in [0.5, 0.6) is 0 Å². The van der Waals surface area contributed by atoms with Crippen LogP contribution in [0.2, 0.25) is 0 Å². The summed E-state index contributed by atoms with van der Waals surface area (Å²) in [5.74, 6) is -0.366. The molecule has 12 heavy (non-hydrogen) atoms. The molecule has 0 spiro atoms. The van der Waals surface area contributed by atoms with E-state index in [2.05, 4.69) is 23.5 Å². The van der Waals surface area contributed by atoms with Gasteiger partial charge in [-0.2, -0.15) is 0 Å². The van der Waals surface area contributed by atoms with Crippen molar-refractivity contribution >= 4 is 5.91 Å². The smallest absolute Gasteiger partial charge is 0.243 e. The van der Waals surface area contributed by atoms with E-state index < -0.39 is 0 Å². The van der Waals surface area contributed by atoms with Crippen LogP contribution in [0.25, 0.3) is 0 Å². The first-order chi connectivity index (χ1) is 5.66. The normalized spacial score (nSPS) is 9.00. The molecule has 4 heteroatoms. The van der Waals surface area contributed by atoms with Gasteiger partial charge in [0.15, 0.2) is 0 Å². The van der Waals surface area contributed by atoms with Crippen molar-refractivity contribution in [2.24, 2.45) is 0 Å². The van der Waals surface area contributed by atoms with Gasteiger partial charge in [-0.1, -0.05) is 12.7 Å². The largest absolute Gasteiger partial charge is 0.510 e. The molecule has 0 aromatic carbocycles. The fourth-order valence-electron chi connectivity index (χ4n) is 0.484. The number of hydrogen-bond acceptors (Lipinski definition) is 3. The molecule has 0 bridgehead atoms. The average molecular weight is 171 g/mol. The maximum atomic E-state index is 10.8. The number of hydroxylamine groups is 1. The molecule has 0 atom stereocenters. The summed E-state index contributed by atoms with van der Waals surface area (Å²) in [5.41, 5.74) is 2.14. The molecule has 0 aliphatic heterocycles. The van der Waals surface area contributed by atoms with Crippen LogP contribution in [0.1, 0.15) is 12.8 Å². The number of allylic oxidation sites excluding steroid dienone is 1. The molecule has 0 aliphatic carbocycles. The Hall–Kier alpha value is -1.29. The quantitative estimate of drug-likeness (QED) is 0.357. The van der Waals surface area contributed by atoms with E-state index in [1.807, 2.05) is 0 Å². The van der Waals surface area contributed by atoms with Crippen LogP contribution in [0.3, 0.4) is 0 Å². The molecule has 0 aromatic heterocycles. The maximum absolute atomic E-state index is 10.8. The van der Waals surface area contributed by atoms with Crippen LogP contribution >= 0.6 is 0 Å². The highest BCUT2D eigenvalue weighted by Gasteiger charge is 1.98. The molecule has 0 aromatic rings. The Bertz CT molecular complexity index is 177. The summed E-state index contributed by atoms with van der Waals surface area (Å²) in [6.45, 7) is 6.56. The molecular weight excluding hydrogens is 158 g/mol. The van der Waals surface area contributed by atoms with Crippen molar-refractivity contribution in [2.45, 2.75) is 12.8 Å². The lowest BCUT2D eigenvalue weighted by Gasteiger charge is -2.02. The Morgan fingerprint density at radius 2 is 2.33 bits per heavy atom. The molecule has 0 heterocycles. The standard InChI is InChI=1S/C8H13NO3/c1-3-4-5-8(11)9-12-6-7(2)10/h3,10H,1-2,4-6H2,(H,9,11). The first kappa shape index (κ1) is 10.7. The van der Waals surface area contributed by atoms with Crippen molar-refractivity contribution in [3.05, 3.63) is 25.0 Å². The number of carbonyl (C=O) groups is 1. The zero-order valence-corrected chi connectivity index (χ0v) is 6.88. The second kappa shape index (κ2) is 6.42. The first-order valence-corrected chi connectivity index (χ1v) is 3.55. The van der Waals surface area contributed by atoms with Gasteiger partial charge in [-0.05, 0) is 6.42 Å². The van der Waals surface area contributed by atoms with Crippen molar-refractivity contribution in [1.29, 1.82) is 0 Å². The minimum absolute atomic E-state index is 0.0835. The van der Waals surface area contributed by atoms with Gasteiger partial charge >= 0.3 is 0 Å². The van der Waals surface area contributed by atoms with Gasteiger partial charge in [0, 0.05) is 6.42 Å². The van der Waals surface area contributed by atoms with Crippen LogP contribution < -0.4 is 5.48 Å². The van der Waals surface area contributed by atoms with Gasteiger partial charge in [-0.15, -0.1) is 6.58 Å². The van der Waals surface area contributed by atoms with E-state index in [-0.39, 0.29) is 18.3 Å². The summed E-state index contributed by atoms with van der Waals surface area (Å²) < 4.78 is 0. The second-order valence-corrected chi connectivity index (χ2v) is 2.21. The average Bonchev–Trinajstić information content (AvgIpc) is 2.00. The van der Waals surface area contributed by atoms with Gasteiger partial charge in [-0.25, -0.2) is 5.48 Å². The Labute approximate surface area is 71.5 Å². The predicted octanol–water partition coefficient (Wildman–Crippen LogP) is 1.07. The number of hydrogen-bond donors (Lipinski definition) is 2. The zero-order valence-electron chi connectivity index (χ0n) is 6.88. The summed E-state index contributed by atoms with van der Waals surface area (Å²) >= 11 is 0. The van der Waals surface area contributed by atoms with Gasteiger partial charge in [0.25, 0.3) is 0 Å². The molecule has 4 nitrogen and oxygen atoms in total. The number of carbonyl (C=O) groups excluding carboxylic acids is 1. The maximum Gasteiger partial charge on any atom is 0.243 e. The Morgan fingerprint density at radius 3 is 2.83 bits per heavy atom. The minimum atomic E-state index is -0.240. The summed E-state index contributed by atoms with van der Waals surface area (Å²) in [6.07, 6.45) is 2.58. The summed E-state index contributed by atoms with van der Waals surface area (Å²) in [7, 11) is 0. The first-order valence-electron chi connectivity index (χ1n) is 3.55. The molecule has 68 valence electrons. The van der Waals surface area contributed by atoms with Crippen LogP contribution in [0, 0.1) is 0 Å². The van der Waals surface area contributed by atoms with Crippen LogP contribution in [0.4, 0.5) is 0 Å². The Balaban J connectivity index is 3.31. The summed E-state index contributed by atoms with van der Waals surface area (Å²) in [4.78, 5) is 15.4. The molecule has 0 fully saturated rings. The number of aliphatic hydroxyl groups excluding tert-OH is 1. The topological polar surface area (TPSA) is 58.6 Å². The molecule has 0 saturated carbocycles.